The highest BCUT2D eigenvalue weighted by Gasteiger charge is 2.24. The summed E-state index contributed by atoms with van der Waals surface area (Å²) in [5, 5.41) is 18.6. The van der Waals surface area contributed by atoms with Gasteiger partial charge >= 0.3 is 11.9 Å². The Morgan fingerprint density at radius 3 is 2.32 bits per heavy atom. The van der Waals surface area contributed by atoms with E-state index in [1.54, 1.807) is 30.3 Å². The number of esters is 2. The number of aryl methyl sites for hydroxylation is 1. The van der Waals surface area contributed by atoms with Crippen LogP contribution in [-0.2, 0) is 20.9 Å². The molecule has 3 aromatic rings. The monoisotopic (exact) mass is 566 g/mol. The van der Waals surface area contributed by atoms with Gasteiger partial charge in [-0.2, -0.15) is 0 Å². The Bertz CT molecular complexity index is 1350. The molecule has 0 radical (unpaired) electrons. The summed E-state index contributed by atoms with van der Waals surface area (Å²) < 4.78 is 11.5. The van der Waals surface area contributed by atoms with Crippen LogP contribution in [0.3, 0.4) is 0 Å². The summed E-state index contributed by atoms with van der Waals surface area (Å²) >= 11 is 5.15. The van der Waals surface area contributed by atoms with E-state index >= 15 is 0 Å². The second-order valence-electron chi connectivity index (χ2n) is 7.24. The molecule has 0 aliphatic carbocycles. The van der Waals surface area contributed by atoms with Crippen molar-refractivity contribution in [2.24, 2.45) is 0 Å². The number of carbonyl (C=O) groups is 2. The molecule has 0 bridgehead atoms. The predicted octanol–water partition coefficient (Wildman–Crippen LogP) is 5.07. The molecule has 1 atom stereocenters. The first-order valence-corrected chi connectivity index (χ1v) is 13.0. The van der Waals surface area contributed by atoms with Gasteiger partial charge in [0.25, 0.3) is 10.2 Å². The van der Waals surface area contributed by atoms with Crippen LogP contribution in [0.5, 0.6) is 11.5 Å². The van der Waals surface area contributed by atoms with Crippen LogP contribution in [0.4, 0.5) is 0 Å². The van der Waals surface area contributed by atoms with E-state index in [0.717, 1.165) is 19.8 Å². The van der Waals surface area contributed by atoms with E-state index in [1.165, 1.54) is 32.8 Å². The van der Waals surface area contributed by atoms with Crippen molar-refractivity contribution in [2.75, 3.05) is 6.61 Å². The number of nitrogens with zero attached hydrogens (tertiary/aromatic N) is 2. The summed E-state index contributed by atoms with van der Waals surface area (Å²) in [6.07, 6.45) is -1.78. The fraction of sp³-hybridized carbons (Fsp3) is 0.227. The molecule has 12 nitrogen and oxygen atoms in total. The normalized spacial score (nSPS) is 11.3. The number of carbonyl (C=O) groups excluding carboxylic acids is 2. The van der Waals surface area contributed by atoms with Gasteiger partial charge in [0, 0.05) is 4.88 Å². The van der Waals surface area contributed by atoms with E-state index in [1.807, 2.05) is 13.0 Å². The minimum Gasteiger partial charge on any atom is -0.426 e. The third-order valence-electron chi connectivity index (χ3n) is 4.70. The van der Waals surface area contributed by atoms with Crippen molar-refractivity contribution < 1.29 is 38.9 Å². The Hall–Kier alpha value is -3.95. The van der Waals surface area contributed by atoms with Crippen molar-refractivity contribution in [1.82, 2.24) is 0 Å². The van der Waals surface area contributed by atoms with Gasteiger partial charge in [0.05, 0.1) is 6.42 Å². The quantitative estimate of drug-likeness (QED) is 0.0720. The van der Waals surface area contributed by atoms with Crippen LogP contribution in [-0.4, -0.2) is 34.8 Å². The first-order chi connectivity index (χ1) is 17.6. The Labute approximate surface area is 221 Å². The van der Waals surface area contributed by atoms with Crippen molar-refractivity contribution in [3.05, 3.63) is 83.7 Å². The molecule has 2 aromatic carbocycles. The largest absolute Gasteiger partial charge is 0.426 e. The lowest BCUT2D eigenvalue weighted by Gasteiger charge is -2.15. The zero-order valence-electron chi connectivity index (χ0n) is 19.0. The lowest BCUT2D eigenvalue weighted by atomic mass is 10.1. The van der Waals surface area contributed by atoms with E-state index < -0.39 is 41.2 Å². The fourth-order valence-corrected chi connectivity index (χ4v) is 5.41. The number of hydrogen-bond acceptors (Lipinski definition) is 13. The van der Waals surface area contributed by atoms with Gasteiger partial charge in [-0.1, -0.05) is 45.9 Å². The topological polar surface area (TPSA) is 157 Å². The van der Waals surface area contributed by atoms with Crippen molar-refractivity contribution in [3.63, 3.8) is 0 Å². The van der Waals surface area contributed by atoms with Crippen LogP contribution < -0.4 is 9.47 Å². The number of rotatable bonds is 12. The molecule has 1 aromatic heterocycles. The van der Waals surface area contributed by atoms with Crippen LogP contribution in [0.25, 0.3) is 10.4 Å². The summed E-state index contributed by atoms with van der Waals surface area (Å²) in [5.74, 6) is -1.74. The van der Waals surface area contributed by atoms with Crippen LogP contribution in [0.1, 0.15) is 29.3 Å². The highest BCUT2D eigenvalue weighted by molar-refractivity contribution is 7.80. The molecule has 194 valence electrons. The van der Waals surface area contributed by atoms with Crippen LogP contribution in [0.15, 0.2) is 48.5 Å². The molecule has 0 fully saturated rings. The maximum Gasteiger partial charge on any atom is 0.347 e. The molecule has 0 aliphatic rings. The molecule has 0 spiro atoms. The first-order valence-electron chi connectivity index (χ1n) is 10.5. The maximum atomic E-state index is 13.0. The number of benzene rings is 2. The van der Waals surface area contributed by atoms with Crippen molar-refractivity contribution in [1.29, 1.82) is 0 Å². The molecule has 1 unspecified atom stereocenters. The first kappa shape index (κ1) is 27.6. The Morgan fingerprint density at radius 1 is 1.00 bits per heavy atom. The average Bonchev–Trinajstić information content (AvgIpc) is 3.29. The summed E-state index contributed by atoms with van der Waals surface area (Å²) in [6.45, 7) is 0.992. The van der Waals surface area contributed by atoms with Gasteiger partial charge in [-0.05, 0) is 60.0 Å². The number of hydrogen-bond donors (Lipinski definition) is 0. The second-order valence-corrected chi connectivity index (χ2v) is 10.2. The highest BCUT2D eigenvalue weighted by atomic mass is 32.9. The molecule has 3 rings (SSSR count). The average molecular weight is 567 g/mol. The summed E-state index contributed by atoms with van der Waals surface area (Å²) in [5.41, 5.74) is 1.61. The summed E-state index contributed by atoms with van der Waals surface area (Å²) in [6, 6.07) is 13.2. The zero-order valence-corrected chi connectivity index (χ0v) is 21.5. The Morgan fingerprint density at radius 2 is 1.73 bits per heavy atom. The van der Waals surface area contributed by atoms with Crippen LogP contribution >= 0.6 is 32.9 Å². The number of ether oxygens (including phenoxy) is 2. The highest BCUT2D eigenvalue weighted by Crippen LogP contribution is 2.31. The van der Waals surface area contributed by atoms with E-state index in [2.05, 4.69) is 9.68 Å². The van der Waals surface area contributed by atoms with Gasteiger partial charge in [0.1, 0.15) is 33.6 Å². The van der Waals surface area contributed by atoms with Gasteiger partial charge in [-0.25, -0.2) is 4.79 Å². The van der Waals surface area contributed by atoms with Crippen molar-refractivity contribution in [2.45, 2.75) is 25.9 Å². The minimum atomic E-state index is -1.60. The predicted molar refractivity (Wildman–Crippen MR) is 134 cm³/mol. The standard InChI is InChI=1S/C22H18N2O10S3/c1-2-13-3-8-18(33-20(25)10-16(34-24(29)30)12-31-23(27)28)17(9-13)22(26)32-15-6-4-14(5-7-15)19-11-21(35)37-36-19/h3-9,11,16H,2,10,12H2,1H3. The molecule has 0 aliphatic heterocycles. The molecule has 0 saturated carbocycles. The molecule has 0 N–H and O–H groups in total. The molecular formula is C22H18N2O10S3. The second kappa shape index (κ2) is 12.8. The Kier molecular flexibility index (Phi) is 9.59. The maximum absolute atomic E-state index is 13.0. The van der Waals surface area contributed by atoms with Gasteiger partial charge in [-0.3, -0.25) is 4.79 Å². The SMILES string of the molecule is CCc1ccc(OC(=O)CC(CO[N+](=O)[O-])O[N+](=O)[O-])c(C(=O)Oc2ccc(-c3cc(=S)ss3)cc2)c1. The van der Waals surface area contributed by atoms with Crippen molar-refractivity contribution in [3.8, 4) is 21.9 Å². The van der Waals surface area contributed by atoms with E-state index in [4.69, 9.17) is 21.7 Å². The molecule has 37 heavy (non-hydrogen) atoms. The fourth-order valence-electron chi connectivity index (χ4n) is 3.01. The van der Waals surface area contributed by atoms with Crippen LogP contribution in [0, 0.1) is 24.1 Å². The summed E-state index contributed by atoms with van der Waals surface area (Å²) in [4.78, 5) is 55.6. The Balaban J connectivity index is 1.74. The molecular weight excluding hydrogens is 548 g/mol. The van der Waals surface area contributed by atoms with E-state index in [-0.39, 0.29) is 17.1 Å². The molecule has 1 heterocycles. The van der Waals surface area contributed by atoms with Crippen LogP contribution in [0.2, 0.25) is 0 Å². The zero-order chi connectivity index (χ0) is 26.9. The van der Waals surface area contributed by atoms with Gasteiger partial charge in [0.2, 0.25) is 0 Å². The molecule has 0 amide bonds. The van der Waals surface area contributed by atoms with Gasteiger partial charge < -0.3 is 19.1 Å². The third-order valence-corrected chi connectivity index (χ3v) is 7.61. The smallest absolute Gasteiger partial charge is 0.347 e. The molecule has 15 heteroatoms. The van der Waals surface area contributed by atoms with Gasteiger partial charge in [-0.15, -0.1) is 20.2 Å². The molecule has 0 saturated heterocycles. The lowest BCUT2D eigenvalue weighted by molar-refractivity contribution is -0.789. The van der Waals surface area contributed by atoms with Gasteiger partial charge in [0.15, 0.2) is 0 Å². The van der Waals surface area contributed by atoms with Crippen molar-refractivity contribution >= 4 is 44.8 Å². The van der Waals surface area contributed by atoms with E-state index in [9.17, 15) is 29.8 Å². The lowest BCUT2D eigenvalue weighted by Crippen LogP contribution is -2.29. The van der Waals surface area contributed by atoms with E-state index in [0.29, 0.717) is 6.42 Å². The third kappa shape index (κ3) is 8.30. The minimum absolute atomic E-state index is 0.0548. The summed E-state index contributed by atoms with van der Waals surface area (Å²) in [7, 11) is 3.02.